The molecule has 0 atom stereocenters. The summed E-state index contributed by atoms with van der Waals surface area (Å²) in [6, 6.07) is 24.4. The summed E-state index contributed by atoms with van der Waals surface area (Å²) >= 11 is 12.0. The minimum atomic E-state index is -1.96. The predicted molar refractivity (Wildman–Crippen MR) is 118 cm³/mol. The summed E-state index contributed by atoms with van der Waals surface area (Å²) in [7, 11) is 0. The van der Waals surface area contributed by atoms with Gasteiger partial charge in [-0.15, -0.1) is 0 Å². The number of nitrogens with one attached hydrogen (secondary N) is 3. The number of carbonyl (C=O) groups is 1. The smallest absolute Gasteiger partial charge is 0.296 e. The predicted octanol–water partition coefficient (Wildman–Crippen LogP) is 4.34. The maximum absolute atomic E-state index is 13.2. The van der Waals surface area contributed by atoms with Crippen LogP contribution in [0.4, 0.5) is 5.82 Å². The molecular formula is C23H18Cl2N3O2+. The number of amides is 1. The molecule has 0 unspecified atom stereocenters. The highest BCUT2D eigenvalue weighted by molar-refractivity contribution is 6.30. The first kappa shape index (κ1) is 20.2. The summed E-state index contributed by atoms with van der Waals surface area (Å²) in [6.07, 6.45) is 0. The van der Waals surface area contributed by atoms with E-state index in [-0.39, 0.29) is 0 Å². The van der Waals surface area contributed by atoms with E-state index in [1.54, 1.807) is 54.6 Å². The SMILES string of the molecule is O=C(NNc1ccc2ccccc2[nH+]1)C(O)(c1ccc(Cl)cc1)c1ccc(Cl)cc1. The maximum atomic E-state index is 13.2. The van der Waals surface area contributed by atoms with Gasteiger partial charge in [0.05, 0.1) is 0 Å². The number of hydrogen-bond acceptors (Lipinski definition) is 3. The second kappa shape index (κ2) is 8.32. The van der Waals surface area contributed by atoms with Gasteiger partial charge < -0.3 is 5.11 Å². The highest BCUT2D eigenvalue weighted by atomic mass is 35.5. The minimum absolute atomic E-state index is 0.371. The van der Waals surface area contributed by atoms with Crippen LogP contribution in [-0.2, 0) is 10.4 Å². The molecule has 5 nitrogen and oxygen atoms in total. The van der Waals surface area contributed by atoms with Crippen LogP contribution in [0.15, 0.2) is 84.9 Å². The highest BCUT2D eigenvalue weighted by Gasteiger charge is 2.41. The van der Waals surface area contributed by atoms with E-state index in [1.807, 2.05) is 30.3 Å². The van der Waals surface area contributed by atoms with Crippen molar-refractivity contribution in [3.8, 4) is 0 Å². The third kappa shape index (κ3) is 3.96. The molecule has 0 aliphatic carbocycles. The molecule has 0 fully saturated rings. The number of halogens is 2. The first-order valence-corrected chi connectivity index (χ1v) is 9.94. The van der Waals surface area contributed by atoms with E-state index in [2.05, 4.69) is 15.8 Å². The van der Waals surface area contributed by atoms with Crippen molar-refractivity contribution in [3.05, 3.63) is 106 Å². The number of aliphatic hydroxyl groups is 1. The molecule has 30 heavy (non-hydrogen) atoms. The van der Waals surface area contributed by atoms with Gasteiger partial charge in [0, 0.05) is 21.5 Å². The second-order valence-corrected chi connectivity index (χ2v) is 7.64. The lowest BCUT2D eigenvalue weighted by Gasteiger charge is -2.27. The third-order valence-corrected chi connectivity index (χ3v) is 5.33. The molecule has 0 aliphatic heterocycles. The summed E-state index contributed by atoms with van der Waals surface area (Å²) in [4.78, 5) is 16.4. The zero-order valence-corrected chi connectivity index (χ0v) is 17.2. The summed E-state index contributed by atoms with van der Waals surface area (Å²) in [5.74, 6) is -0.0923. The Hall–Kier alpha value is -3.12. The Morgan fingerprint density at radius 3 is 1.97 bits per heavy atom. The molecule has 1 heterocycles. The Labute approximate surface area is 183 Å². The molecule has 0 saturated carbocycles. The number of fused-ring (bicyclic) bond motifs is 1. The molecule has 0 saturated heterocycles. The number of para-hydroxylation sites is 1. The molecule has 7 heteroatoms. The lowest BCUT2D eigenvalue weighted by molar-refractivity contribution is -0.327. The van der Waals surface area contributed by atoms with E-state index in [9.17, 15) is 9.90 Å². The summed E-state index contributed by atoms with van der Waals surface area (Å²) in [5, 5.41) is 13.5. The lowest BCUT2D eigenvalue weighted by Crippen LogP contribution is -2.48. The van der Waals surface area contributed by atoms with Gasteiger partial charge >= 0.3 is 0 Å². The van der Waals surface area contributed by atoms with Crippen LogP contribution in [0.2, 0.25) is 10.0 Å². The van der Waals surface area contributed by atoms with E-state index in [0.717, 1.165) is 10.9 Å². The van der Waals surface area contributed by atoms with E-state index in [0.29, 0.717) is 27.0 Å². The molecule has 4 rings (SSSR count). The number of benzene rings is 3. The Kier molecular flexibility index (Phi) is 5.59. The number of carbonyl (C=O) groups excluding carboxylic acids is 1. The molecule has 1 aromatic heterocycles. The zero-order chi connectivity index (χ0) is 21.1. The number of aromatic nitrogens is 1. The molecule has 0 radical (unpaired) electrons. The topological polar surface area (TPSA) is 75.5 Å². The lowest BCUT2D eigenvalue weighted by atomic mass is 9.85. The van der Waals surface area contributed by atoms with E-state index >= 15 is 0 Å². The largest absolute Gasteiger partial charge is 0.372 e. The van der Waals surface area contributed by atoms with Crippen molar-refractivity contribution in [1.29, 1.82) is 0 Å². The Bertz CT molecular complexity index is 1150. The standard InChI is InChI=1S/C23H17Cl2N3O2/c24-18-10-6-16(7-11-18)23(30,17-8-12-19(25)13-9-17)22(29)28-27-21-14-5-15-3-1-2-4-20(15)26-21/h1-14,30H,(H,26,27)(H,28,29)/p+1. The van der Waals surface area contributed by atoms with Gasteiger partial charge in [0.2, 0.25) is 0 Å². The van der Waals surface area contributed by atoms with Gasteiger partial charge in [0.1, 0.15) is 5.52 Å². The molecular weight excluding hydrogens is 421 g/mol. The number of H-pyrrole nitrogens is 1. The highest BCUT2D eigenvalue weighted by Crippen LogP contribution is 2.31. The average molecular weight is 439 g/mol. The van der Waals surface area contributed by atoms with Crippen LogP contribution in [0.3, 0.4) is 0 Å². The van der Waals surface area contributed by atoms with E-state index < -0.39 is 11.5 Å². The van der Waals surface area contributed by atoms with Gasteiger partial charge in [-0.25, -0.2) is 4.98 Å². The molecule has 0 aliphatic rings. The monoisotopic (exact) mass is 438 g/mol. The van der Waals surface area contributed by atoms with Crippen molar-refractivity contribution in [2.24, 2.45) is 0 Å². The third-order valence-electron chi connectivity index (χ3n) is 4.82. The number of hydrazine groups is 1. The van der Waals surface area contributed by atoms with Crippen LogP contribution in [0, 0.1) is 0 Å². The van der Waals surface area contributed by atoms with Crippen LogP contribution < -0.4 is 15.8 Å². The minimum Gasteiger partial charge on any atom is -0.372 e. The second-order valence-electron chi connectivity index (χ2n) is 6.76. The Morgan fingerprint density at radius 2 is 1.37 bits per heavy atom. The first-order valence-electron chi connectivity index (χ1n) is 9.19. The average Bonchev–Trinajstić information content (AvgIpc) is 2.77. The van der Waals surface area contributed by atoms with Gasteiger partial charge in [-0.3, -0.25) is 4.79 Å². The van der Waals surface area contributed by atoms with Crippen LogP contribution in [0.1, 0.15) is 11.1 Å². The van der Waals surface area contributed by atoms with Gasteiger partial charge in [0.25, 0.3) is 11.7 Å². The number of pyridine rings is 1. The molecule has 150 valence electrons. The molecule has 4 aromatic rings. The van der Waals surface area contributed by atoms with Crippen molar-refractivity contribution >= 4 is 45.8 Å². The Morgan fingerprint density at radius 1 is 0.800 bits per heavy atom. The van der Waals surface area contributed by atoms with Crippen LogP contribution >= 0.6 is 23.2 Å². The van der Waals surface area contributed by atoms with Gasteiger partial charge in [0.15, 0.2) is 5.60 Å². The number of aromatic amines is 1. The number of rotatable bonds is 5. The Balaban J connectivity index is 1.64. The van der Waals surface area contributed by atoms with Crippen LogP contribution in [0.25, 0.3) is 10.9 Å². The maximum Gasteiger partial charge on any atom is 0.296 e. The molecule has 3 aromatic carbocycles. The van der Waals surface area contributed by atoms with Gasteiger partial charge in [-0.1, -0.05) is 65.7 Å². The first-order chi connectivity index (χ1) is 14.5. The van der Waals surface area contributed by atoms with Crippen molar-refractivity contribution < 1.29 is 14.9 Å². The van der Waals surface area contributed by atoms with E-state index in [1.165, 1.54) is 0 Å². The molecule has 4 N–H and O–H groups in total. The fourth-order valence-corrected chi connectivity index (χ4v) is 3.47. The van der Waals surface area contributed by atoms with Crippen LogP contribution in [0.5, 0.6) is 0 Å². The normalized spacial score (nSPS) is 11.3. The van der Waals surface area contributed by atoms with Crippen molar-refractivity contribution in [2.45, 2.75) is 5.60 Å². The molecule has 1 amide bonds. The fourth-order valence-electron chi connectivity index (χ4n) is 3.21. The van der Waals surface area contributed by atoms with Crippen molar-refractivity contribution in [1.82, 2.24) is 5.43 Å². The van der Waals surface area contributed by atoms with Crippen molar-refractivity contribution in [2.75, 3.05) is 5.43 Å². The van der Waals surface area contributed by atoms with Gasteiger partial charge in [-0.2, -0.15) is 10.9 Å². The molecule has 0 bridgehead atoms. The number of hydrogen-bond donors (Lipinski definition) is 3. The van der Waals surface area contributed by atoms with E-state index in [4.69, 9.17) is 23.2 Å². The zero-order valence-electron chi connectivity index (χ0n) is 15.7. The van der Waals surface area contributed by atoms with Crippen molar-refractivity contribution in [3.63, 3.8) is 0 Å². The summed E-state index contributed by atoms with van der Waals surface area (Å²) in [5.41, 5.74) is 5.12. The fraction of sp³-hybridized carbons (Fsp3) is 0.0435. The molecule has 0 spiro atoms. The quantitative estimate of drug-likeness (QED) is 0.405. The number of anilines is 1. The summed E-state index contributed by atoms with van der Waals surface area (Å²) in [6.45, 7) is 0. The summed E-state index contributed by atoms with van der Waals surface area (Å²) < 4.78 is 0. The van der Waals surface area contributed by atoms with Gasteiger partial charge in [-0.05, 0) is 47.5 Å². The van der Waals surface area contributed by atoms with Crippen LogP contribution in [-0.4, -0.2) is 11.0 Å².